The van der Waals surface area contributed by atoms with E-state index in [-0.39, 0.29) is 11.3 Å². The van der Waals surface area contributed by atoms with Crippen molar-refractivity contribution in [2.75, 3.05) is 54.1 Å². The number of carbonyl (C=O) groups excluding carboxylic acids is 1. The van der Waals surface area contributed by atoms with Crippen molar-refractivity contribution in [1.82, 2.24) is 9.80 Å². The molecule has 0 N–H and O–H groups in total. The molecule has 2 aliphatic rings. The van der Waals surface area contributed by atoms with Crippen molar-refractivity contribution in [2.45, 2.75) is 12.8 Å². The van der Waals surface area contributed by atoms with E-state index in [1.165, 1.54) is 0 Å². The molecule has 0 radical (unpaired) electrons. The summed E-state index contributed by atoms with van der Waals surface area (Å²) in [7, 11) is 5.85. The van der Waals surface area contributed by atoms with Crippen LogP contribution in [0.3, 0.4) is 0 Å². The Bertz CT molecular complexity index is 582. The summed E-state index contributed by atoms with van der Waals surface area (Å²) in [5.41, 5.74) is 0.916. The Morgan fingerprint density at radius 1 is 1.38 bits per heavy atom. The SMILES string of the molecule is COc1cccc(C(=O)N2C[C@@H](CN(C)C)C3(CCOCC3)C2)c1. The van der Waals surface area contributed by atoms with E-state index in [4.69, 9.17) is 9.47 Å². The van der Waals surface area contributed by atoms with Gasteiger partial charge in [0.2, 0.25) is 0 Å². The average molecular weight is 332 g/mol. The Hall–Kier alpha value is -1.59. The highest BCUT2D eigenvalue weighted by Gasteiger charge is 2.48. The van der Waals surface area contributed by atoms with Crippen molar-refractivity contribution in [3.05, 3.63) is 29.8 Å². The van der Waals surface area contributed by atoms with Crippen molar-refractivity contribution >= 4 is 5.91 Å². The van der Waals surface area contributed by atoms with Gasteiger partial charge in [-0.05, 0) is 56.5 Å². The zero-order chi connectivity index (χ0) is 17.2. The monoisotopic (exact) mass is 332 g/mol. The second-order valence-electron chi connectivity index (χ2n) is 7.35. The lowest BCUT2D eigenvalue weighted by molar-refractivity contribution is -0.00451. The molecule has 0 aliphatic carbocycles. The molecule has 0 aromatic heterocycles. The maximum absolute atomic E-state index is 13.0. The summed E-state index contributed by atoms with van der Waals surface area (Å²) >= 11 is 0. The molecule has 132 valence electrons. The van der Waals surface area contributed by atoms with E-state index in [1.54, 1.807) is 7.11 Å². The van der Waals surface area contributed by atoms with Crippen molar-refractivity contribution < 1.29 is 14.3 Å². The largest absolute Gasteiger partial charge is 0.497 e. The number of carbonyl (C=O) groups is 1. The molecule has 2 heterocycles. The van der Waals surface area contributed by atoms with Crippen molar-refractivity contribution in [1.29, 1.82) is 0 Å². The molecule has 24 heavy (non-hydrogen) atoms. The molecule has 1 amide bonds. The number of likely N-dealkylation sites (tertiary alicyclic amines) is 1. The van der Waals surface area contributed by atoms with Crippen LogP contribution in [0.1, 0.15) is 23.2 Å². The predicted octanol–water partition coefficient (Wildman–Crippen LogP) is 2.13. The van der Waals surface area contributed by atoms with Gasteiger partial charge in [-0.15, -0.1) is 0 Å². The minimum atomic E-state index is 0.112. The number of hydrogen-bond donors (Lipinski definition) is 0. The lowest BCUT2D eigenvalue weighted by Gasteiger charge is -2.38. The van der Waals surface area contributed by atoms with Crippen LogP contribution in [0.2, 0.25) is 0 Å². The zero-order valence-corrected chi connectivity index (χ0v) is 15.0. The van der Waals surface area contributed by atoms with Crippen LogP contribution in [0.25, 0.3) is 0 Å². The predicted molar refractivity (Wildman–Crippen MR) is 93.4 cm³/mol. The molecule has 3 rings (SSSR count). The Morgan fingerprint density at radius 2 is 2.12 bits per heavy atom. The molecular formula is C19H28N2O3. The summed E-state index contributed by atoms with van der Waals surface area (Å²) in [6.45, 7) is 4.30. The van der Waals surface area contributed by atoms with Crippen molar-refractivity contribution in [2.24, 2.45) is 11.3 Å². The van der Waals surface area contributed by atoms with E-state index in [9.17, 15) is 4.79 Å². The maximum atomic E-state index is 13.0. The Kier molecular flexibility index (Phi) is 5.11. The van der Waals surface area contributed by atoms with E-state index < -0.39 is 0 Å². The van der Waals surface area contributed by atoms with Gasteiger partial charge in [0.05, 0.1) is 7.11 Å². The van der Waals surface area contributed by atoms with Crippen LogP contribution in [0.5, 0.6) is 5.75 Å². The first kappa shape index (κ1) is 17.2. The second-order valence-corrected chi connectivity index (χ2v) is 7.35. The van der Waals surface area contributed by atoms with E-state index in [0.717, 1.165) is 51.4 Å². The number of rotatable bonds is 4. The molecule has 2 aliphatic heterocycles. The normalized spacial score (nSPS) is 23.0. The van der Waals surface area contributed by atoms with Gasteiger partial charge in [0, 0.05) is 38.4 Å². The number of nitrogens with zero attached hydrogens (tertiary/aromatic N) is 2. The first-order chi connectivity index (χ1) is 11.5. The van der Waals surface area contributed by atoms with Crippen LogP contribution in [0, 0.1) is 11.3 Å². The lowest BCUT2D eigenvalue weighted by atomic mass is 9.72. The van der Waals surface area contributed by atoms with Gasteiger partial charge in [-0.3, -0.25) is 4.79 Å². The number of hydrogen-bond acceptors (Lipinski definition) is 4. The standard InChI is InChI=1S/C19H28N2O3/c1-20(2)12-16-13-21(14-19(16)7-9-24-10-8-19)18(22)15-5-4-6-17(11-15)23-3/h4-6,11,16H,7-10,12-14H2,1-3H3/t16-/m1/s1. The molecule has 5 heteroatoms. The number of methoxy groups -OCH3 is 1. The summed E-state index contributed by atoms with van der Waals surface area (Å²) in [6.07, 6.45) is 2.10. The van der Waals surface area contributed by atoms with Gasteiger partial charge in [0.25, 0.3) is 5.91 Å². The smallest absolute Gasteiger partial charge is 0.254 e. The van der Waals surface area contributed by atoms with Crippen LogP contribution in [-0.2, 0) is 4.74 Å². The van der Waals surface area contributed by atoms with Gasteiger partial charge in [-0.25, -0.2) is 0 Å². The molecular weight excluding hydrogens is 304 g/mol. The third-order valence-corrected chi connectivity index (χ3v) is 5.49. The topological polar surface area (TPSA) is 42.0 Å². The number of amides is 1. The molecule has 0 saturated carbocycles. The van der Waals surface area contributed by atoms with Crippen LogP contribution in [-0.4, -0.2) is 69.8 Å². The highest BCUT2D eigenvalue weighted by molar-refractivity contribution is 5.94. The minimum absolute atomic E-state index is 0.112. The van der Waals surface area contributed by atoms with Crippen LogP contribution in [0.15, 0.2) is 24.3 Å². The molecule has 1 aromatic rings. The molecule has 1 spiro atoms. The molecule has 2 saturated heterocycles. The number of benzene rings is 1. The average Bonchev–Trinajstić information content (AvgIpc) is 2.92. The van der Waals surface area contributed by atoms with Gasteiger partial charge < -0.3 is 19.3 Å². The third-order valence-electron chi connectivity index (χ3n) is 5.49. The first-order valence-electron chi connectivity index (χ1n) is 8.70. The zero-order valence-electron chi connectivity index (χ0n) is 15.0. The van der Waals surface area contributed by atoms with Crippen molar-refractivity contribution in [3.63, 3.8) is 0 Å². The molecule has 1 aromatic carbocycles. The van der Waals surface area contributed by atoms with Gasteiger partial charge in [-0.1, -0.05) is 6.07 Å². The Balaban J connectivity index is 1.80. The first-order valence-corrected chi connectivity index (χ1v) is 8.70. The Morgan fingerprint density at radius 3 is 2.79 bits per heavy atom. The van der Waals surface area contributed by atoms with Gasteiger partial charge >= 0.3 is 0 Å². The number of ether oxygens (including phenoxy) is 2. The summed E-state index contributed by atoms with van der Waals surface area (Å²) in [6, 6.07) is 7.46. The maximum Gasteiger partial charge on any atom is 0.254 e. The molecule has 2 fully saturated rings. The van der Waals surface area contributed by atoms with Gasteiger partial charge in [0.15, 0.2) is 0 Å². The molecule has 0 unspecified atom stereocenters. The fourth-order valence-electron chi connectivity index (χ4n) is 4.16. The fourth-order valence-corrected chi connectivity index (χ4v) is 4.16. The Labute approximate surface area is 144 Å². The van der Waals surface area contributed by atoms with Crippen LogP contribution < -0.4 is 4.74 Å². The lowest BCUT2D eigenvalue weighted by Crippen LogP contribution is -2.40. The second kappa shape index (κ2) is 7.11. The quantitative estimate of drug-likeness (QED) is 0.847. The summed E-state index contributed by atoms with van der Waals surface area (Å²) in [4.78, 5) is 17.3. The van der Waals surface area contributed by atoms with E-state index in [2.05, 4.69) is 19.0 Å². The van der Waals surface area contributed by atoms with Crippen molar-refractivity contribution in [3.8, 4) is 5.75 Å². The minimum Gasteiger partial charge on any atom is -0.497 e. The summed E-state index contributed by atoms with van der Waals surface area (Å²) in [5.74, 6) is 1.35. The summed E-state index contributed by atoms with van der Waals surface area (Å²) in [5, 5.41) is 0. The highest BCUT2D eigenvalue weighted by atomic mass is 16.5. The highest BCUT2D eigenvalue weighted by Crippen LogP contribution is 2.44. The van der Waals surface area contributed by atoms with Crippen LogP contribution >= 0.6 is 0 Å². The van der Waals surface area contributed by atoms with E-state index in [0.29, 0.717) is 11.5 Å². The molecule has 1 atom stereocenters. The summed E-state index contributed by atoms with van der Waals surface area (Å²) < 4.78 is 10.8. The van der Waals surface area contributed by atoms with E-state index >= 15 is 0 Å². The third kappa shape index (κ3) is 3.42. The molecule has 5 nitrogen and oxygen atoms in total. The fraction of sp³-hybridized carbons (Fsp3) is 0.632. The molecule has 0 bridgehead atoms. The van der Waals surface area contributed by atoms with Crippen LogP contribution in [0.4, 0.5) is 0 Å². The van der Waals surface area contributed by atoms with Gasteiger partial charge in [0.1, 0.15) is 5.75 Å². The van der Waals surface area contributed by atoms with Gasteiger partial charge in [-0.2, -0.15) is 0 Å². The van der Waals surface area contributed by atoms with E-state index in [1.807, 2.05) is 29.2 Å².